The summed E-state index contributed by atoms with van der Waals surface area (Å²) in [5, 5.41) is 10.6. The number of ether oxygens (including phenoxy) is 4. The number of phosphoric ester groups is 2. The number of unbranched alkanes of at least 4 members (excludes halogenated alkanes) is 43. The van der Waals surface area contributed by atoms with Gasteiger partial charge in [0, 0.05) is 25.7 Å². The van der Waals surface area contributed by atoms with Gasteiger partial charge in [0.2, 0.25) is 0 Å². The van der Waals surface area contributed by atoms with Gasteiger partial charge in [-0.15, -0.1) is 0 Å². The molecule has 0 heterocycles. The van der Waals surface area contributed by atoms with Crippen LogP contribution in [-0.2, 0) is 65.4 Å². The van der Waals surface area contributed by atoms with Crippen molar-refractivity contribution in [2.45, 2.75) is 414 Å². The van der Waals surface area contributed by atoms with Gasteiger partial charge in [-0.2, -0.15) is 0 Å². The molecule has 19 heteroatoms. The Morgan fingerprint density at radius 3 is 0.708 bits per heavy atom. The lowest BCUT2D eigenvalue weighted by atomic mass is 10.0. The fourth-order valence-corrected chi connectivity index (χ4v) is 13.4. The number of aliphatic hydroxyl groups is 1. The monoisotopic (exact) mass is 1410 g/mol. The van der Waals surface area contributed by atoms with Crippen molar-refractivity contribution in [2.24, 2.45) is 17.8 Å². The summed E-state index contributed by atoms with van der Waals surface area (Å²) in [7, 11) is -9.91. The summed E-state index contributed by atoms with van der Waals surface area (Å²) in [5.74, 6) is 0.201. The van der Waals surface area contributed by atoms with Crippen LogP contribution >= 0.6 is 15.6 Å². The van der Waals surface area contributed by atoms with E-state index in [-0.39, 0.29) is 25.7 Å². The normalized spacial score (nSPS) is 14.1. The molecule has 0 bridgehead atoms. The van der Waals surface area contributed by atoms with Gasteiger partial charge < -0.3 is 33.8 Å². The zero-order chi connectivity index (χ0) is 70.9. The molecule has 0 aromatic heterocycles. The maximum Gasteiger partial charge on any atom is 0.472 e. The van der Waals surface area contributed by atoms with Crippen molar-refractivity contribution in [3.63, 3.8) is 0 Å². The number of carbonyl (C=O) groups is 4. The molecule has 96 heavy (non-hydrogen) atoms. The van der Waals surface area contributed by atoms with E-state index in [1.807, 2.05) is 0 Å². The minimum atomic E-state index is -4.96. The van der Waals surface area contributed by atoms with Crippen LogP contribution in [0.25, 0.3) is 0 Å². The summed E-state index contributed by atoms with van der Waals surface area (Å²) in [4.78, 5) is 72.8. The first kappa shape index (κ1) is 94.1. The summed E-state index contributed by atoms with van der Waals surface area (Å²) >= 11 is 0. The predicted molar refractivity (Wildman–Crippen MR) is 391 cm³/mol. The van der Waals surface area contributed by atoms with Crippen LogP contribution in [0.1, 0.15) is 395 Å². The van der Waals surface area contributed by atoms with Gasteiger partial charge in [-0.1, -0.05) is 344 Å². The third-order valence-electron chi connectivity index (χ3n) is 17.9. The third kappa shape index (κ3) is 70.5. The highest BCUT2D eigenvalue weighted by molar-refractivity contribution is 7.47. The Morgan fingerprint density at radius 2 is 0.479 bits per heavy atom. The largest absolute Gasteiger partial charge is 0.472 e. The van der Waals surface area contributed by atoms with Gasteiger partial charge in [-0.3, -0.25) is 37.3 Å². The molecule has 0 saturated carbocycles. The summed E-state index contributed by atoms with van der Waals surface area (Å²) in [6.07, 6.45) is 54.2. The van der Waals surface area contributed by atoms with Gasteiger partial charge in [0.15, 0.2) is 12.2 Å². The summed E-state index contributed by atoms with van der Waals surface area (Å²) in [6, 6.07) is 0. The van der Waals surface area contributed by atoms with Gasteiger partial charge in [0.05, 0.1) is 26.4 Å². The molecule has 0 saturated heterocycles. The average molecular weight is 1410 g/mol. The highest BCUT2D eigenvalue weighted by atomic mass is 31.2. The second-order valence-corrected chi connectivity index (χ2v) is 32.1. The Hall–Kier alpha value is -1.94. The fraction of sp³-hybridized carbons (Fsp3) is 0.948. The lowest BCUT2D eigenvalue weighted by Gasteiger charge is -2.21. The van der Waals surface area contributed by atoms with E-state index in [2.05, 4.69) is 48.5 Å². The minimum absolute atomic E-state index is 0.104. The Balaban J connectivity index is 5.20. The number of hydrogen-bond donors (Lipinski definition) is 3. The predicted octanol–water partition coefficient (Wildman–Crippen LogP) is 22.6. The molecule has 0 fully saturated rings. The number of phosphoric acid groups is 2. The van der Waals surface area contributed by atoms with E-state index in [0.29, 0.717) is 25.7 Å². The second-order valence-electron chi connectivity index (χ2n) is 29.2. The third-order valence-corrected chi connectivity index (χ3v) is 19.8. The summed E-state index contributed by atoms with van der Waals surface area (Å²) in [5.41, 5.74) is 0. The van der Waals surface area contributed by atoms with E-state index in [1.165, 1.54) is 205 Å². The number of rotatable bonds is 75. The maximum atomic E-state index is 13.1. The average Bonchev–Trinajstić information content (AvgIpc) is 1.41. The Morgan fingerprint density at radius 1 is 0.281 bits per heavy atom. The van der Waals surface area contributed by atoms with Crippen LogP contribution in [0.3, 0.4) is 0 Å². The highest BCUT2D eigenvalue weighted by Crippen LogP contribution is 2.45. The number of aliphatic hydroxyl groups excluding tert-OH is 1. The van der Waals surface area contributed by atoms with Crippen LogP contribution in [0.2, 0.25) is 0 Å². The van der Waals surface area contributed by atoms with E-state index in [4.69, 9.17) is 37.0 Å². The minimum Gasteiger partial charge on any atom is -0.462 e. The molecule has 0 aliphatic rings. The smallest absolute Gasteiger partial charge is 0.462 e. The number of esters is 4. The zero-order valence-corrected chi connectivity index (χ0v) is 64.6. The van der Waals surface area contributed by atoms with Crippen LogP contribution in [0, 0.1) is 17.8 Å². The lowest BCUT2D eigenvalue weighted by Crippen LogP contribution is -2.30. The first-order chi connectivity index (χ1) is 46.2. The SMILES string of the molecule is CCCCCCCCCCCC(=O)OC[C@H](COP(=O)(O)OC[C@H](O)COP(=O)(O)OC[C@@H](COC(=O)CCCCCCCCCCCCCCC(C)C)OC(=O)CCCCCCCCCCCCCCCCCCCCC(C)C)OC(=O)CCCCCCCCCCC(C)C. The number of carbonyl (C=O) groups excluding carboxylic acids is 4. The summed E-state index contributed by atoms with van der Waals surface area (Å²) < 4.78 is 68.5. The molecule has 17 nitrogen and oxygen atoms in total. The molecule has 2 unspecified atom stereocenters. The van der Waals surface area contributed by atoms with Crippen LogP contribution in [-0.4, -0.2) is 96.7 Å². The molecule has 5 atom stereocenters. The quantitative estimate of drug-likeness (QED) is 0.0222. The molecule has 0 aliphatic heterocycles. The van der Waals surface area contributed by atoms with Crippen LogP contribution < -0.4 is 0 Å². The van der Waals surface area contributed by atoms with E-state index in [9.17, 15) is 43.2 Å². The topological polar surface area (TPSA) is 237 Å². The Kier molecular flexibility index (Phi) is 66.2. The zero-order valence-electron chi connectivity index (χ0n) is 62.8. The molecule has 0 aromatic rings. The van der Waals surface area contributed by atoms with Crippen molar-refractivity contribution < 1.29 is 80.2 Å². The van der Waals surface area contributed by atoms with Crippen LogP contribution in [0.5, 0.6) is 0 Å². The molecule has 0 radical (unpaired) electrons. The standard InChI is InChI=1S/C77H150O17P2/c1-8-9-10-11-12-27-37-44-51-58-74(79)87-64-73(94-77(82)61-54-47-40-33-32-36-43-50-57-70(6)7)67-92-96(85,86)90-63-71(78)62-89-95(83,84)91-66-72(65-88-75(80)59-52-45-38-30-25-22-21-24-29-35-42-49-56-69(4)5)93-76(81)60-53-46-39-31-26-20-18-16-14-13-15-17-19-23-28-34-41-48-55-68(2)3/h68-73,78H,8-67H2,1-7H3,(H,83,84)(H,85,86)/t71-,72-,73-/m1/s1. The molecule has 0 spiro atoms. The lowest BCUT2D eigenvalue weighted by molar-refractivity contribution is -0.161. The highest BCUT2D eigenvalue weighted by Gasteiger charge is 2.30. The van der Waals surface area contributed by atoms with Gasteiger partial charge >= 0.3 is 39.5 Å². The van der Waals surface area contributed by atoms with Gasteiger partial charge in [-0.05, 0) is 43.4 Å². The van der Waals surface area contributed by atoms with Crippen molar-refractivity contribution in [2.75, 3.05) is 39.6 Å². The van der Waals surface area contributed by atoms with Gasteiger partial charge in [-0.25, -0.2) is 9.13 Å². The molecule has 0 aliphatic carbocycles. The Labute approximate surface area is 588 Å². The summed E-state index contributed by atoms with van der Waals surface area (Å²) in [6.45, 7) is 11.9. The van der Waals surface area contributed by atoms with Crippen molar-refractivity contribution in [3.8, 4) is 0 Å². The van der Waals surface area contributed by atoms with Crippen molar-refractivity contribution in [3.05, 3.63) is 0 Å². The molecule has 0 amide bonds. The van der Waals surface area contributed by atoms with E-state index < -0.39 is 97.5 Å². The maximum absolute atomic E-state index is 13.1. The van der Waals surface area contributed by atoms with Crippen LogP contribution in [0.4, 0.5) is 0 Å². The fourth-order valence-electron chi connectivity index (χ4n) is 11.8. The van der Waals surface area contributed by atoms with E-state index >= 15 is 0 Å². The molecular formula is C77H150O17P2. The van der Waals surface area contributed by atoms with Crippen molar-refractivity contribution in [1.29, 1.82) is 0 Å². The van der Waals surface area contributed by atoms with Crippen molar-refractivity contribution >= 4 is 39.5 Å². The molecule has 3 N–H and O–H groups in total. The van der Waals surface area contributed by atoms with Crippen LogP contribution in [0.15, 0.2) is 0 Å². The first-order valence-electron chi connectivity index (χ1n) is 39.8. The first-order valence-corrected chi connectivity index (χ1v) is 42.8. The molecule has 570 valence electrons. The van der Waals surface area contributed by atoms with E-state index in [1.54, 1.807) is 0 Å². The van der Waals surface area contributed by atoms with Crippen molar-refractivity contribution in [1.82, 2.24) is 0 Å². The molecular weight excluding hydrogens is 1260 g/mol. The van der Waals surface area contributed by atoms with E-state index in [0.717, 1.165) is 108 Å². The molecule has 0 aromatic carbocycles. The Bertz CT molecular complexity index is 1870. The van der Waals surface area contributed by atoms with Gasteiger partial charge in [0.25, 0.3) is 0 Å². The molecule has 0 rings (SSSR count). The van der Waals surface area contributed by atoms with Gasteiger partial charge in [0.1, 0.15) is 19.3 Å². The second kappa shape index (κ2) is 67.5. The number of hydrogen-bond acceptors (Lipinski definition) is 15.